The van der Waals surface area contributed by atoms with Crippen molar-refractivity contribution in [2.24, 2.45) is 23.7 Å². The van der Waals surface area contributed by atoms with E-state index in [4.69, 9.17) is 11.6 Å². The summed E-state index contributed by atoms with van der Waals surface area (Å²) >= 11 is 6.31. The summed E-state index contributed by atoms with van der Waals surface area (Å²) in [6.07, 6.45) is -9.02. The van der Waals surface area contributed by atoms with E-state index in [1.807, 2.05) is 0 Å². The van der Waals surface area contributed by atoms with Crippen LogP contribution in [0.25, 0.3) is 0 Å². The molecule has 2 aliphatic carbocycles. The molecule has 4 aromatic rings. The van der Waals surface area contributed by atoms with E-state index in [1.165, 1.54) is 18.2 Å². The number of halogens is 7. The summed E-state index contributed by atoms with van der Waals surface area (Å²) in [7, 11) is 0. The predicted molar refractivity (Wildman–Crippen MR) is 183 cm³/mol. The molecular formula is C40H27ClF6N2O5. The first-order chi connectivity index (χ1) is 25.5. The highest BCUT2D eigenvalue weighted by Gasteiger charge is 2.70. The van der Waals surface area contributed by atoms with Gasteiger partial charge in [0.15, 0.2) is 0 Å². The highest BCUT2D eigenvalue weighted by atomic mass is 35.5. The maximum Gasteiger partial charge on any atom is 0.416 e. The number of nitrogens with zero attached hydrogens (tertiary/aromatic N) is 2. The van der Waals surface area contributed by atoms with Gasteiger partial charge in [-0.05, 0) is 78.4 Å². The molecular weight excluding hydrogens is 738 g/mol. The number of aromatic hydroxyl groups is 1. The summed E-state index contributed by atoms with van der Waals surface area (Å²) in [4.78, 5) is 59.8. The van der Waals surface area contributed by atoms with Crippen molar-refractivity contribution in [2.75, 3.05) is 9.80 Å². The Labute approximate surface area is 308 Å². The summed E-state index contributed by atoms with van der Waals surface area (Å²) in [5.74, 6) is -8.77. The van der Waals surface area contributed by atoms with Gasteiger partial charge in [-0.1, -0.05) is 71.8 Å². The average molecular weight is 765 g/mol. The Morgan fingerprint density at radius 1 is 0.685 bits per heavy atom. The molecule has 3 fully saturated rings. The lowest BCUT2D eigenvalue weighted by Crippen LogP contribution is -2.53. The van der Waals surface area contributed by atoms with Crippen molar-refractivity contribution in [2.45, 2.75) is 36.5 Å². The summed E-state index contributed by atoms with van der Waals surface area (Å²) < 4.78 is 83.2. The summed E-state index contributed by atoms with van der Waals surface area (Å²) in [6, 6.07) is 21.4. The third-order valence-corrected chi connectivity index (χ3v) is 11.5. The first kappa shape index (κ1) is 35.6. The summed E-state index contributed by atoms with van der Waals surface area (Å²) in [5.41, 5.74) is -4.18. The molecule has 4 amide bonds. The van der Waals surface area contributed by atoms with E-state index in [9.17, 15) is 45.8 Å². The molecule has 8 rings (SSSR count). The number of rotatable bonds is 4. The van der Waals surface area contributed by atoms with E-state index in [0.717, 1.165) is 4.90 Å². The van der Waals surface area contributed by atoms with Gasteiger partial charge in [-0.15, -0.1) is 0 Å². The third kappa shape index (κ3) is 5.26. The molecule has 6 unspecified atom stereocenters. The monoisotopic (exact) mass is 764 g/mol. The van der Waals surface area contributed by atoms with Gasteiger partial charge in [-0.2, -0.15) is 26.3 Å². The van der Waals surface area contributed by atoms with Crippen LogP contribution in [0.15, 0.2) is 109 Å². The number of fused-ring (bicyclic) bond motifs is 4. The van der Waals surface area contributed by atoms with Crippen LogP contribution >= 0.6 is 11.6 Å². The number of phenolic OH excluding ortho intramolecular Hbond substituents is 1. The van der Waals surface area contributed by atoms with Gasteiger partial charge in [-0.25, -0.2) is 9.80 Å². The van der Waals surface area contributed by atoms with Crippen LogP contribution in [-0.2, 0) is 36.9 Å². The number of allylic oxidation sites excluding steroid dienone is 2. The van der Waals surface area contributed by atoms with Gasteiger partial charge in [0.2, 0.25) is 23.6 Å². The van der Waals surface area contributed by atoms with Crippen molar-refractivity contribution in [3.63, 3.8) is 0 Å². The van der Waals surface area contributed by atoms with Crippen LogP contribution in [0, 0.1) is 23.7 Å². The molecule has 0 aromatic heterocycles. The largest absolute Gasteiger partial charge is 0.508 e. The lowest BCUT2D eigenvalue weighted by molar-refractivity contribution is -0.143. The molecule has 54 heavy (non-hydrogen) atoms. The summed E-state index contributed by atoms with van der Waals surface area (Å²) in [5, 5.41) is 10.5. The second-order valence-electron chi connectivity index (χ2n) is 14.0. The van der Waals surface area contributed by atoms with Gasteiger partial charge in [0.1, 0.15) is 5.75 Å². The Hall–Kier alpha value is -5.43. The van der Waals surface area contributed by atoms with E-state index in [1.54, 1.807) is 66.7 Å². The highest BCUT2D eigenvalue weighted by Crippen LogP contribution is 2.64. The molecule has 2 aliphatic heterocycles. The number of imide groups is 2. The number of phenols is 1. The molecule has 1 N–H and O–H groups in total. The Kier molecular flexibility index (Phi) is 8.11. The number of anilines is 2. The fraction of sp³-hybridized carbons (Fsp3) is 0.250. The first-order valence-electron chi connectivity index (χ1n) is 16.9. The second-order valence-corrected chi connectivity index (χ2v) is 14.4. The molecule has 276 valence electrons. The standard InChI is InChI=1S/C40H27ClF6N2O5/c41-24-7-4-8-25(18-24)49-35(52)31-19-30-28(33(20-9-11-27(50)12-10-20)38(31,37(49)54)21-5-2-1-3-6-21)13-14-29-32(30)36(53)48(34(29)51)26-16-22(39(42,43)44)15-23(17-26)40(45,46)47/h1-13,15-18,29-33,50H,14,19H2. The SMILES string of the molecule is O=C1C2CC=C3C(CC4C(=O)N(c5cccc(Cl)c5)C(=O)C4(c4ccccc4)C3c3ccc(O)cc3)C2C(=O)N1c1cc(C(F)(F)F)cc(C(F)(F)F)c1. The van der Waals surface area contributed by atoms with Crippen LogP contribution in [0.5, 0.6) is 5.75 Å². The Morgan fingerprint density at radius 3 is 1.94 bits per heavy atom. The van der Waals surface area contributed by atoms with Crippen molar-refractivity contribution in [1.29, 1.82) is 0 Å². The van der Waals surface area contributed by atoms with Crippen LogP contribution in [0.3, 0.4) is 0 Å². The Bertz CT molecular complexity index is 2240. The van der Waals surface area contributed by atoms with Crippen LogP contribution in [0.2, 0.25) is 5.02 Å². The molecule has 14 heteroatoms. The maximum absolute atomic E-state index is 15.2. The topological polar surface area (TPSA) is 95.0 Å². The molecule has 4 aromatic carbocycles. The van der Waals surface area contributed by atoms with E-state index in [2.05, 4.69) is 0 Å². The van der Waals surface area contributed by atoms with Gasteiger partial charge in [-0.3, -0.25) is 19.2 Å². The summed E-state index contributed by atoms with van der Waals surface area (Å²) in [6.45, 7) is 0. The zero-order valence-corrected chi connectivity index (χ0v) is 28.5. The molecule has 2 heterocycles. The smallest absolute Gasteiger partial charge is 0.416 e. The van der Waals surface area contributed by atoms with Crippen molar-refractivity contribution in [1.82, 2.24) is 0 Å². The predicted octanol–water partition coefficient (Wildman–Crippen LogP) is 8.45. The van der Waals surface area contributed by atoms with Gasteiger partial charge in [0.05, 0.1) is 45.7 Å². The average Bonchev–Trinajstić information content (AvgIpc) is 3.52. The molecule has 6 atom stereocenters. The Balaban J connectivity index is 1.31. The first-order valence-corrected chi connectivity index (χ1v) is 17.3. The number of carbonyl (C=O) groups excluding carboxylic acids is 4. The third-order valence-electron chi connectivity index (χ3n) is 11.2. The lowest BCUT2D eigenvalue weighted by atomic mass is 9.49. The van der Waals surface area contributed by atoms with Crippen LogP contribution in [-0.4, -0.2) is 28.7 Å². The Morgan fingerprint density at radius 2 is 1.33 bits per heavy atom. The fourth-order valence-corrected chi connectivity index (χ4v) is 9.29. The minimum Gasteiger partial charge on any atom is -0.508 e. The molecule has 0 bridgehead atoms. The molecule has 4 aliphatic rings. The second kappa shape index (κ2) is 12.3. The van der Waals surface area contributed by atoms with E-state index in [0.29, 0.717) is 33.7 Å². The molecule has 2 saturated heterocycles. The number of amides is 4. The highest BCUT2D eigenvalue weighted by molar-refractivity contribution is 6.32. The van der Waals surface area contributed by atoms with E-state index in [-0.39, 0.29) is 35.4 Å². The number of hydrogen-bond acceptors (Lipinski definition) is 5. The van der Waals surface area contributed by atoms with Crippen LogP contribution in [0.1, 0.15) is 41.0 Å². The lowest BCUT2D eigenvalue weighted by Gasteiger charge is -2.50. The van der Waals surface area contributed by atoms with Crippen LogP contribution in [0.4, 0.5) is 37.7 Å². The maximum atomic E-state index is 15.2. The van der Waals surface area contributed by atoms with Crippen molar-refractivity contribution in [3.05, 3.63) is 136 Å². The molecule has 0 spiro atoms. The van der Waals surface area contributed by atoms with Gasteiger partial charge in [0.25, 0.3) is 0 Å². The number of hydrogen-bond donors (Lipinski definition) is 1. The fourth-order valence-electron chi connectivity index (χ4n) is 9.11. The zero-order valence-electron chi connectivity index (χ0n) is 27.7. The number of benzene rings is 4. The number of carbonyl (C=O) groups is 4. The van der Waals surface area contributed by atoms with Gasteiger partial charge < -0.3 is 5.11 Å². The van der Waals surface area contributed by atoms with Crippen molar-refractivity contribution >= 4 is 46.6 Å². The molecule has 7 nitrogen and oxygen atoms in total. The minimum absolute atomic E-state index is 0.0812. The number of alkyl halides is 6. The zero-order chi connectivity index (χ0) is 38.5. The minimum atomic E-state index is -5.23. The van der Waals surface area contributed by atoms with Crippen molar-refractivity contribution < 1.29 is 50.6 Å². The van der Waals surface area contributed by atoms with Crippen molar-refractivity contribution in [3.8, 4) is 5.75 Å². The van der Waals surface area contributed by atoms with E-state index < -0.39 is 87.8 Å². The quantitative estimate of drug-likeness (QED) is 0.128. The van der Waals surface area contributed by atoms with Gasteiger partial charge >= 0.3 is 12.4 Å². The van der Waals surface area contributed by atoms with E-state index >= 15 is 4.79 Å². The molecule has 0 radical (unpaired) electrons. The normalized spacial score (nSPS) is 26.8. The van der Waals surface area contributed by atoms with Gasteiger partial charge in [0, 0.05) is 10.9 Å². The molecule has 1 saturated carbocycles. The van der Waals surface area contributed by atoms with Crippen LogP contribution < -0.4 is 9.80 Å².